The fourth-order valence-corrected chi connectivity index (χ4v) is 2.61. The lowest BCUT2D eigenvalue weighted by Gasteiger charge is -2.19. The van der Waals surface area contributed by atoms with Crippen LogP contribution in [0.5, 0.6) is 0 Å². The van der Waals surface area contributed by atoms with Crippen LogP contribution in [0.15, 0.2) is 41.8 Å². The van der Waals surface area contributed by atoms with Crippen molar-refractivity contribution in [2.75, 3.05) is 0 Å². The molecule has 0 heterocycles. The summed E-state index contributed by atoms with van der Waals surface area (Å²) in [5.41, 5.74) is 1.33. The van der Waals surface area contributed by atoms with Crippen molar-refractivity contribution >= 4 is 11.8 Å². The van der Waals surface area contributed by atoms with Crippen molar-refractivity contribution in [3.63, 3.8) is 0 Å². The van der Waals surface area contributed by atoms with Crippen LogP contribution in [0.25, 0.3) is 0 Å². The largest absolute Gasteiger partial charge is 0.197 e. The highest BCUT2D eigenvalue weighted by Crippen LogP contribution is 2.35. The Bertz CT molecular complexity index is 414. The van der Waals surface area contributed by atoms with E-state index in [0.29, 0.717) is 12.3 Å². The summed E-state index contributed by atoms with van der Waals surface area (Å²) < 4.78 is -0.416. The van der Waals surface area contributed by atoms with Crippen molar-refractivity contribution < 1.29 is 0 Å². The first-order valence-corrected chi connectivity index (χ1v) is 6.63. The maximum Gasteiger partial charge on any atom is 0.108 e. The van der Waals surface area contributed by atoms with Crippen LogP contribution in [0.3, 0.4) is 0 Å². The van der Waals surface area contributed by atoms with E-state index in [2.05, 4.69) is 50.8 Å². The maximum atomic E-state index is 9.20. The molecule has 1 aromatic rings. The lowest BCUT2D eigenvalue weighted by Crippen LogP contribution is -2.15. The van der Waals surface area contributed by atoms with Crippen molar-refractivity contribution in [3.8, 4) is 6.07 Å². The van der Waals surface area contributed by atoms with Gasteiger partial charge in [0.1, 0.15) is 4.75 Å². The van der Waals surface area contributed by atoms with Crippen molar-refractivity contribution in [2.24, 2.45) is 0 Å². The second kappa shape index (κ2) is 5.93. The Kier molecular flexibility index (Phi) is 4.84. The zero-order valence-corrected chi connectivity index (χ0v) is 11.6. The van der Waals surface area contributed by atoms with Crippen molar-refractivity contribution in [3.05, 3.63) is 42.5 Å². The van der Waals surface area contributed by atoms with Crippen LogP contribution < -0.4 is 0 Å². The van der Waals surface area contributed by atoms with E-state index in [9.17, 15) is 5.26 Å². The number of benzene rings is 1. The van der Waals surface area contributed by atoms with Gasteiger partial charge in [-0.3, -0.25) is 0 Å². The second-order valence-corrected chi connectivity index (χ2v) is 6.24. The average molecular weight is 245 g/mol. The summed E-state index contributed by atoms with van der Waals surface area (Å²) in [5, 5.41) is 9.20. The van der Waals surface area contributed by atoms with Gasteiger partial charge in [0, 0.05) is 4.90 Å². The SMILES string of the molecule is C=CCC(C)(C#N)Sc1ccc(C(C)C)cc1. The molecular weight excluding hydrogens is 226 g/mol. The van der Waals surface area contributed by atoms with Crippen LogP contribution in [-0.4, -0.2) is 4.75 Å². The highest BCUT2D eigenvalue weighted by atomic mass is 32.2. The van der Waals surface area contributed by atoms with Crippen LogP contribution >= 0.6 is 11.8 Å². The molecule has 0 spiro atoms. The maximum absolute atomic E-state index is 9.20. The number of allylic oxidation sites excluding steroid dienone is 1. The van der Waals surface area contributed by atoms with Gasteiger partial charge in [-0.15, -0.1) is 18.3 Å². The Morgan fingerprint density at radius 1 is 1.41 bits per heavy atom. The topological polar surface area (TPSA) is 23.8 Å². The summed E-state index contributed by atoms with van der Waals surface area (Å²) in [6.07, 6.45) is 2.50. The van der Waals surface area contributed by atoms with Gasteiger partial charge < -0.3 is 0 Å². The molecule has 0 amide bonds. The minimum atomic E-state index is -0.416. The number of nitriles is 1. The molecule has 0 aliphatic rings. The van der Waals surface area contributed by atoms with Crippen LogP contribution in [0.1, 0.15) is 38.7 Å². The molecule has 0 saturated heterocycles. The summed E-state index contributed by atoms with van der Waals surface area (Å²) >= 11 is 1.60. The predicted octanol–water partition coefficient (Wildman–Crippen LogP) is 4.76. The van der Waals surface area contributed by atoms with E-state index >= 15 is 0 Å². The highest BCUT2D eigenvalue weighted by molar-refractivity contribution is 8.01. The first kappa shape index (κ1) is 13.9. The van der Waals surface area contributed by atoms with Gasteiger partial charge in [0.25, 0.3) is 0 Å². The normalized spacial score (nSPS) is 14.1. The van der Waals surface area contributed by atoms with Gasteiger partial charge in [-0.2, -0.15) is 5.26 Å². The van der Waals surface area contributed by atoms with E-state index in [1.54, 1.807) is 17.8 Å². The van der Waals surface area contributed by atoms with E-state index in [1.165, 1.54) is 5.56 Å². The van der Waals surface area contributed by atoms with E-state index in [0.717, 1.165) is 4.90 Å². The Labute approximate surface area is 109 Å². The third kappa shape index (κ3) is 3.94. The zero-order valence-electron chi connectivity index (χ0n) is 10.7. The smallest absolute Gasteiger partial charge is 0.108 e. The molecule has 0 radical (unpaired) electrons. The summed E-state index contributed by atoms with van der Waals surface area (Å²) in [7, 11) is 0. The quantitative estimate of drug-likeness (QED) is 0.551. The average Bonchev–Trinajstić information content (AvgIpc) is 2.30. The Balaban J connectivity index is 2.81. The minimum Gasteiger partial charge on any atom is -0.197 e. The monoisotopic (exact) mass is 245 g/mol. The fourth-order valence-electron chi connectivity index (χ4n) is 1.57. The summed E-state index contributed by atoms with van der Waals surface area (Å²) in [6.45, 7) is 10.0. The standard InChI is InChI=1S/C15H19NS/c1-5-10-15(4,11-16)17-14-8-6-13(7-9-14)12(2)3/h5-9,12H,1,10H2,2-4H3. The van der Waals surface area contributed by atoms with Crippen molar-refractivity contribution in [1.82, 2.24) is 0 Å². The van der Waals surface area contributed by atoms with Gasteiger partial charge >= 0.3 is 0 Å². The molecule has 1 unspecified atom stereocenters. The van der Waals surface area contributed by atoms with Gasteiger partial charge in [-0.1, -0.05) is 32.1 Å². The van der Waals surface area contributed by atoms with Gasteiger partial charge in [0.2, 0.25) is 0 Å². The summed E-state index contributed by atoms with van der Waals surface area (Å²) in [4.78, 5) is 1.14. The van der Waals surface area contributed by atoms with Crippen molar-refractivity contribution in [2.45, 2.75) is 42.8 Å². The summed E-state index contributed by atoms with van der Waals surface area (Å²) in [5.74, 6) is 0.546. The highest BCUT2D eigenvalue weighted by Gasteiger charge is 2.23. The van der Waals surface area contributed by atoms with Crippen LogP contribution in [-0.2, 0) is 0 Å². The van der Waals surface area contributed by atoms with Crippen LogP contribution in [0.2, 0.25) is 0 Å². The Morgan fingerprint density at radius 3 is 2.41 bits per heavy atom. The number of hydrogen-bond donors (Lipinski definition) is 0. The molecule has 0 aliphatic carbocycles. The molecule has 0 aromatic heterocycles. The van der Waals surface area contributed by atoms with Crippen molar-refractivity contribution in [1.29, 1.82) is 5.26 Å². The molecule has 90 valence electrons. The molecule has 0 fully saturated rings. The Morgan fingerprint density at radius 2 is 2.00 bits per heavy atom. The van der Waals surface area contributed by atoms with E-state index in [4.69, 9.17) is 0 Å². The summed E-state index contributed by atoms with van der Waals surface area (Å²) in [6, 6.07) is 10.8. The molecule has 0 aliphatic heterocycles. The lowest BCUT2D eigenvalue weighted by atomic mass is 10.0. The zero-order chi connectivity index (χ0) is 12.9. The van der Waals surface area contributed by atoms with Gasteiger partial charge in [-0.25, -0.2) is 0 Å². The first-order chi connectivity index (χ1) is 8.00. The second-order valence-electron chi connectivity index (χ2n) is 4.66. The molecule has 1 rings (SSSR count). The third-order valence-electron chi connectivity index (χ3n) is 2.66. The first-order valence-electron chi connectivity index (χ1n) is 5.82. The number of hydrogen-bond acceptors (Lipinski definition) is 2. The van der Waals surface area contributed by atoms with E-state index in [1.807, 2.05) is 6.92 Å². The lowest BCUT2D eigenvalue weighted by molar-refractivity contribution is 0.820. The minimum absolute atomic E-state index is 0.416. The molecule has 0 saturated carbocycles. The van der Waals surface area contributed by atoms with Crippen LogP contribution in [0.4, 0.5) is 0 Å². The Hall–Kier alpha value is -1.20. The molecule has 17 heavy (non-hydrogen) atoms. The van der Waals surface area contributed by atoms with Gasteiger partial charge in [-0.05, 0) is 37.0 Å². The molecule has 0 N–H and O–H groups in total. The third-order valence-corrected chi connectivity index (χ3v) is 3.88. The molecule has 1 aromatic carbocycles. The van der Waals surface area contributed by atoms with Crippen LogP contribution in [0, 0.1) is 11.3 Å². The molecular formula is C15H19NS. The van der Waals surface area contributed by atoms with Gasteiger partial charge in [0.15, 0.2) is 0 Å². The molecule has 2 heteroatoms. The van der Waals surface area contributed by atoms with E-state index < -0.39 is 4.75 Å². The number of rotatable bonds is 5. The molecule has 0 bridgehead atoms. The predicted molar refractivity (Wildman–Crippen MR) is 75.2 cm³/mol. The fraction of sp³-hybridized carbons (Fsp3) is 0.400. The number of nitrogens with zero attached hydrogens (tertiary/aromatic N) is 1. The van der Waals surface area contributed by atoms with Gasteiger partial charge in [0.05, 0.1) is 6.07 Å². The molecule has 1 atom stereocenters. The molecule has 1 nitrogen and oxygen atoms in total. The van der Waals surface area contributed by atoms with E-state index in [-0.39, 0.29) is 0 Å². The number of thioether (sulfide) groups is 1.